The molecule has 0 unspecified atom stereocenters. The van der Waals surface area contributed by atoms with E-state index < -0.39 is 7.12 Å². The molecule has 7 heteroatoms. The Hall–Kier alpha value is -0.330. The van der Waals surface area contributed by atoms with Crippen LogP contribution in [-0.2, 0) is 14.0 Å². The van der Waals surface area contributed by atoms with Gasteiger partial charge in [-0.3, -0.25) is 0 Å². The molecule has 0 spiro atoms. The first-order valence-electron chi connectivity index (χ1n) is 7.71. The Labute approximate surface area is 127 Å². The van der Waals surface area contributed by atoms with Gasteiger partial charge in [0.25, 0.3) is 0 Å². The van der Waals surface area contributed by atoms with Crippen LogP contribution in [0.1, 0.15) is 47.0 Å². The van der Waals surface area contributed by atoms with Crippen molar-refractivity contribution in [1.82, 2.24) is 0 Å². The predicted molar refractivity (Wildman–Crippen MR) is 82.8 cm³/mol. The molecule has 0 amide bonds. The van der Waals surface area contributed by atoms with E-state index in [4.69, 9.17) is 24.1 Å². The summed E-state index contributed by atoms with van der Waals surface area (Å²) in [7, 11) is -1.22. The van der Waals surface area contributed by atoms with Crippen LogP contribution in [0.4, 0.5) is 0 Å². The maximum atomic E-state index is 8.25. The molecule has 0 aromatic heterocycles. The molecule has 2 heterocycles. The Morgan fingerprint density at radius 2 is 1.71 bits per heavy atom. The molecule has 21 heavy (non-hydrogen) atoms. The van der Waals surface area contributed by atoms with E-state index in [-0.39, 0.29) is 24.1 Å². The third-order valence-corrected chi connectivity index (χ3v) is 4.60. The SMILES string of the molecule is CC1(C)OB(C2=CCOCC2)OC1(C)C.OB(O)C1CC1. The molecule has 118 valence electrons. The Balaban J connectivity index is 0.000000225. The van der Waals surface area contributed by atoms with Crippen LogP contribution < -0.4 is 0 Å². The first-order valence-corrected chi connectivity index (χ1v) is 7.71. The summed E-state index contributed by atoms with van der Waals surface area (Å²) in [6.07, 6.45) is 4.98. The van der Waals surface area contributed by atoms with Gasteiger partial charge in [-0.25, -0.2) is 0 Å². The fraction of sp³-hybridized carbons (Fsp3) is 0.857. The highest BCUT2D eigenvalue weighted by Gasteiger charge is 2.52. The van der Waals surface area contributed by atoms with Gasteiger partial charge >= 0.3 is 14.2 Å². The molecule has 2 aliphatic heterocycles. The number of rotatable bonds is 2. The van der Waals surface area contributed by atoms with Crippen molar-refractivity contribution in [2.75, 3.05) is 13.2 Å². The summed E-state index contributed by atoms with van der Waals surface area (Å²) in [6.45, 7) is 9.76. The van der Waals surface area contributed by atoms with Gasteiger partial charge in [-0.2, -0.15) is 0 Å². The van der Waals surface area contributed by atoms with Crippen molar-refractivity contribution < 1.29 is 24.1 Å². The van der Waals surface area contributed by atoms with E-state index in [1.165, 1.54) is 5.47 Å². The van der Waals surface area contributed by atoms with Gasteiger partial charge < -0.3 is 24.1 Å². The number of hydrogen-bond acceptors (Lipinski definition) is 5. The average molecular weight is 296 g/mol. The van der Waals surface area contributed by atoms with Crippen LogP contribution in [-0.4, -0.2) is 48.7 Å². The first-order chi connectivity index (χ1) is 9.73. The van der Waals surface area contributed by atoms with Crippen molar-refractivity contribution in [2.24, 2.45) is 0 Å². The highest BCUT2D eigenvalue weighted by Crippen LogP contribution is 2.39. The second-order valence-electron chi connectivity index (χ2n) is 6.94. The summed E-state index contributed by atoms with van der Waals surface area (Å²) in [5, 5.41) is 16.5. The number of hydrogen-bond donors (Lipinski definition) is 2. The van der Waals surface area contributed by atoms with Crippen LogP contribution in [0.5, 0.6) is 0 Å². The lowest BCUT2D eigenvalue weighted by Crippen LogP contribution is -2.41. The van der Waals surface area contributed by atoms with Gasteiger partial charge in [0.1, 0.15) is 0 Å². The molecule has 1 saturated heterocycles. The van der Waals surface area contributed by atoms with E-state index in [9.17, 15) is 0 Å². The van der Waals surface area contributed by atoms with Gasteiger partial charge in [0.2, 0.25) is 0 Å². The van der Waals surface area contributed by atoms with Crippen molar-refractivity contribution in [3.63, 3.8) is 0 Å². The molecule has 2 fully saturated rings. The predicted octanol–water partition coefficient (Wildman–Crippen LogP) is 1.59. The maximum Gasteiger partial charge on any atom is 0.490 e. The zero-order chi connectivity index (χ0) is 15.7. The van der Waals surface area contributed by atoms with Crippen molar-refractivity contribution in [3.05, 3.63) is 11.5 Å². The fourth-order valence-electron chi connectivity index (χ4n) is 2.14. The molecule has 0 aromatic carbocycles. The van der Waals surface area contributed by atoms with Crippen molar-refractivity contribution in [3.8, 4) is 0 Å². The molecule has 0 aromatic rings. The molecule has 0 radical (unpaired) electrons. The minimum Gasteiger partial charge on any atom is -0.427 e. The van der Waals surface area contributed by atoms with E-state index >= 15 is 0 Å². The summed E-state index contributed by atoms with van der Waals surface area (Å²) in [6, 6.07) is 0. The van der Waals surface area contributed by atoms with Crippen molar-refractivity contribution >= 4 is 14.2 Å². The minimum atomic E-state index is -1.04. The van der Waals surface area contributed by atoms with Gasteiger partial charge in [-0.1, -0.05) is 18.9 Å². The second kappa shape index (κ2) is 6.42. The van der Waals surface area contributed by atoms with E-state index in [2.05, 4.69) is 33.8 Å². The van der Waals surface area contributed by atoms with Gasteiger partial charge in [0.05, 0.1) is 24.4 Å². The molecule has 0 bridgehead atoms. The summed E-state index contributed by atoms with van der Waals surface area (Å²) in [4.78, 5) is 0. The van der Waals surface area contributed by atoms with E-state index in [0.29, 0.717) is 6.61 Å². The maximum absolute atomic E-state index is 8.25. The Morgan fingerprint density at radius 1 is 1.14 bits per heavy atom. The quantitative estimate of drug-likeness (QED) is 0.757. The summed E-state index contributed by atoms with van der Waals surface area (Å²) in [5.41, 5.74) is 0.744. The Morgan fingerprint density at radius 3 is 2.05 bits per heavy atom. The van der Waals surface area contributed by atoms with E-state index in [0.717, 1.165) is 25.9 Å². The third-order valence-electron chi connectivity index (χ3n) is 4.60. The van der Waals surface area contributed by atoms with E-state index in [1.807, 2.05) is 0 Å². The zero-order valence-electron chi connectivity index (χ0n) is 13.5. The van der Waals surface area contributed by atoms with Gasteiger partial charge in [-0.05, 0) is 45.4 Å². The van der Waals surface area contributed by atoms with Gasteiger partial charge in [0.15, 0.2) is 0 Å². The van der Waals surface area contributed by atoms with Crippen LogP contribution in [0.2, 0.25) is 5.82 Å². The van der Waals surface area contributed by atoms with Gasteiger partial charge in [0, 0.05) is 0 Å². The lowest BCUT2D eigenvalue weighted by atomic mass is 9.75. The molecule has 0 atom stereocenters. The van der Waals surface area contributed by atoms with Crippen LogP contribution in [0.15, 0.2) is 11.5 Å². The normalized spacial score (nSPS) is 26.8. The topological polar surface area (TPSA) is 68.2 Å². The average Bonchev–Trinajstić information content (AvgIpc) is 3.20. The summed E-state index contributed by atoms with van der Waals surface area (Å²) < 4.78 is 17.2. The monoisotopic (exact) mass is 296 g/mol. The zero-order valence-corrected chi connectivity index (χ0v) is 13.5. The third kappa shape index (κ3) is 4.33. The number of ether oxygens (including phenoxy) is 1. The molecule has 3 aliphatic rings. The largest absolute Gasteiger partial charge is 0.490 e. The van der Waals surface area contributed by atoms with Crippen molar-refractivity contribution in [1.29, 1.82) is 0 Å². The van der Waals surface area contributed by atoms with Crippen LogP contribution in [0.25, 0.3) is 0 Å². The minimum absolute atomic E-state index is 0.182. The molecule has 1 aliphatic carbocycles. The van der Waals surface area contributed by atoms with Crippen molar-refractivity contribution in [2.45, 2.75) is 64.0 Å². The Bertz CT molecular complexity index is 375. The highest BCUT2D eigenvalue weighted by molar-refractivity contribution is 6.54. The smallest absolute Gasteiger partial charge is 0.427 e. The van der Waals surface area contributed by atoms with Crippen LogP contribution in [0.3, 0.4) is 0 Å². The molecular formula is C14H26B2O5. The molecule has 3 rings (SSSR count). The lowest BCUT2D eigenvalue weighted by molar-refractivity contribution is 0.00578. The first kappa shape index (κ1) is 17.0. The van der Waals surface area contributed by atoms with E-state index in [1.54, 1.807) is 0 Å². The van der Waals surface area contributed by atoms with Gasteiger partial charge in [-0.15, -0.1) is 0 Å². The lowest BCUT2D eigenvalue weighted by Gasteiger charge is -2.32. The standard InChI is InChI=1S/C11H19BO3.C3H7BO2/c1-10(2)11(3,4)15-12(14-10)9-5-7-13-8-6-9;5-4(6)3-1-2-3/h5H,6-8H2,1-4H3;3,5-6H,1-2H2. The second-order valence-corrected chi connectivity index (χ2v) is 6.94. The fourth-order valence-corrected chi connectivity index (χ4v) is 2.14. The highest BCUT2D eigenvalue weighted by atomic mass is 16.7. The molecular weight excluding hydrogens is 270 g/mol. The molecule has 2 N–H and O–H groups in total. The summed E-state index contributed by atoms with van der Waals surface area (Å²) >= 11 is 0. The molecule has 1 saturated carbocycles. The van der Waals surface area contributed by atoms with Crippen LogP contribution >= 0.6 is 0 Å². The summed E-state index contributed by atoms with van der Waals surface area (Å²) in [5.74, 6) is 0.213. The van der Waals surface area contributed by atoms with Crippen LogP contribution in [0, 0.1) is 0 Å². The Kier molecular flexibility index (Phi) is 5.21. The molecule has 5 nitrogen and oxygen atoms in total.